The van der Waals surface area contributed by atoms with Crippen molar-refractivity contribution in [3.8, 4) is 0 Å². The van der Waals surface area contributed by atoms with Crippen LogP contribution in [0, 0.1) is 11.8 Å². The average molecular weight is 405 g/mol. The van der Waals surface area contributed by atoms with Crippen LogP contribution in [0.5, 0.6) is 0 Å². The van der Waals surface area contributed by atoms with Gasteiger partial charge in [-0.2, -0.15) is 0 Å². The van der Waals surface area contributed by atoms with Crippen molar-refractivity contribution in [1.82, 2.24) is 10.6 Å². The molecule has 0 bridgehead atoms. The van der Waals surface area contributed by atoms with Crippen LogP contribution in [0.1, 0.15) is 52.0 Å². The monoisotopic (exact) mass is 404 g/mol. The number of carbonyl (C=O) groups excluding carboxylic acids is 3. The lowest BCUT2D eigenvalue weighted by molar-refractivity contribution is -0.151. The predicted octanol–water partition coefficient (Wildman–Crippen LogP) is 3.18. The van der Waals surface area contributed by atoms with Crippen molar-refractivity contribution in [1.29, 1.82) is 0 Å². The van der Waals surface area contributed by atoms with Crippen LogP contribution in [0.25, 0.3) is 0 Å². The van der Waals surface area contributed by atoms with Gasteiger partial charge in [0.2, 0.25) is 0 Å². The molecule has 7 heteroatoms. The highest BCUT2D eigenvalue weighted by atomic mass is 16.6. The van der Waals surface area contributed by atoms with Crippen LogP contribution in [0.15, 0.2) is 30.3 Å². The van der Waals surface area contributed by atoms with Gasteiger partial charge in [0.05, 0.1) is 0 Å². The summed E-state index contributed by atoms with van der Waals surface area (Å²) in [5.41, 5.74) is 0.847. The Hall–Kier alpha value is -2.57. The number of benzene rings is 1. The molecule has 0 aromatic heterocycles. The van der Waals surface area contributed by atoms with Crippen molar-refractivity contribution in [3.05, 3.63) is 35.9 Å². The predicted molar refractivity (Wildman–Crippen MR) is 109 cm³/mol. The van der Waals surface area contributed by atoms with Gasteiger partial charge in [0.25, 0.3) is 5.91 Å². The number of amides is 2. The number of esters is 1. The summed E-state index contributed by atoms with van der Waals surface area (Å²) in [7, 11) is 0. The van der Waals surface area contributed by atoms with Crippen LogP contribution < -0.4 is 10.6 Å². The first-order valence-corrected chi connectivity index (χ1v) is 10.3. The molecule has 1 aromatic carbocycles. The summed E-state index contributed by atoms with van der Waals surface area (Å²) in [6, 6.07) is 8.50. The fourth-order valence-corrected chi connectivity index (χ4v) is 3.40. The third-order valence-electron chi connectivity index (χ3n) is 5.21. The van der Waals surface area contributed by atoms with Gasteiger partial charge in [0.1, 0.15) is 12.6 Å². The second kappa shape index (κ2) is 11.4. The number of alkyl carbamates (subject to hydrolysis) is 1. The fourth-order valence-electron chi connectivity index (χ4n) is 3.40. The van der Waals surface area contributed by atoms with Gasteiger partial charge in [-0.15, -0.1) is 0 Å². The van der Waals surface area contributed by atoms with Crippen LogP contribution in [0.3, 0.4) is 0 Å². The van der Waals surface area contributed by atoms with E-state index in [2.05, 4.69) is 17.6 Å². The molecular weight excluding hydrogens is 372 g/mol. The van der Waals surface area contributed by atoms with Crippen molar-refractivity contribution < 1.29 is 23.9 Å². The molecule has 1 aromatic rings. The maximum Gasteiger partial charge on any atom is 0.408 e. The lowest BCUT2D eigenvalue weighted by Gasteiger charge is -2.29. The van der Waals surface area contributed by atoms with Crippen molar-refractivity contribution in [2.45, 2.75) is 65.1 Å². The second-order valence-corrected chi connectivity index (χ2v) is 7.97. The van der Waals surface area contributed by atoms with Gasteiger partial charge in [0.15, 0.2) is 6.61 Å². The first kappa shape index (κ1) is 22.7. The third-order valence-corrected chi connectivity index (χ3v) is 5.21. The van der Waals surface area contributed by atoms with Gasteiger partial charge in [-0.3, -0.25) is 4.79 Å². The van der Waals surface area contributed by atoms with E-state index >= 15 is 0 Å². The first-order chi connectivity index (χ1) is 13.9. The van der Waals surface area contributed by atoms with E-state index in [1.807, 2.05) is 30.3 Å². The molecule has 7 nitrogen and oxygen atoms in total. The van der Waals surface area contributed by atoms with Gasteiger partial charge in [-0.1, -0.05) is 63.9 Å². The minimum atomic E-state index is -0.889. The fraction of sp³-hybridized carbons (Fsp3) is 0.591. The maximum absolute atomic E-state index is 12.4. The van der Waals surface area contributed by atoms with Crippen LogP contribution in [0.4, 0.5) is 4.79 Å². The summed E-state index contributed by atoms with van der Waals surface area (Å²) < 4.78 is 10.3. The number of carbonyl (C=O) groups is 3. The molecule has 1 aliphatic carbocycles. The number of hydrogen-bond donors (Lipinski definition) is 2. The van der Waals surface area contributed by atoms with Crippen molar-refractivity contribution >= 4 is 18.0 Å². The topological polar surface area (TPSA) is 93.7 Å². The molecule has 29 heavy (non-hydrogen) atoms. The highest BCUT2D eigenvalue weighted by molar-refractivity contribution is 5.85. The third kappa shape index (κ3) is 7.75. The van der Waals surface area contributed by atoms with E-state index in [0.29, 0.717) is 5.92 Å². The van der Waals surface area contributed by atoms with E-state index in [0.717, 1.165) is 24.8 Å². The van der Waals surface area contributed by atoms with E-state index in [4.69, 9.17) is 9.47 Å². The molecule has 0 spiro atoms. The molecule has 1 saturated carbocycles. The minimum Gasteiger partial charge on any atom is -0.454 e. The van der Waals surface area contributed by atoms with E-state index in [-0.39, 0.29) is 31.1 Å². The second-order valence-electron chi connectivity index (χ2n) is 7.97. The Balaban J connectivity index is 1.77. The normalized spacial score (nSPS) is 19.9. The Bertz CT molecular complexity index is 677. The van der Waals surface area contributed by atoms with Crippen LogP contribution in [-0.4, -0.2) is 36.7 Å². The summed E-state index contributed by atoms with van der Waals surface area (Å²) in [6.07, 6.45) is 3.62. The molecule has 0 aliphatic heterocycles. The summed E-state index contributed by atoms with van der Waals surface area (Å²) >= 11 is 0. The molecule has 1 fully saturated rings. The van der Waals surface area contributed by atoms with Crippen LogP contribution >= 0.6 is 0 Å². The van der Waals surface area contributed by atoms with Gasteiger partial charge in [0, 0.05) is 6.04 Å². The van der Waals surface area contributed by atoms with E-state index < -0.39 is 18.1 Å². The Labute approximate surface area is 172 Å². The molecule has 1 aliphatic rings. The SMILES string of the molecule is CC(C)[C@H](NC(=O)OCc1ccccc1)C(=O)OCC(=O)N[C@@H]1CCCC[C@H]1C. The molecule has 0 radical (unpaired) electrons. The highest BCUT2D eigenvalue weighted by Gasteiger charge is 2.28. The Kier molecular flexibility index (Phi) is 8.96. The Morgan fingerprint density at radius 3 is 2.41 bits per heavy atom. The molecule has 0 saturated heterocycles. The zero-order chi connectivity index (χ0) is 21.2. The Morgan fingerprint density at radius 2 is 1.76 bits per heavy atom. The molecule has 0 heterocycles. The molecule has 2 amide bonds. The minimum absolute atomic E-state index is 0.106. The molecule has 2 rings (SSSR count). The quantitative estimate of drug-likeness (QED) is 0.649. The van der Waals surface area contributed by atoms with Gasteiger partial charge < -0.3 is 20.1 Å². The first-order valence-electron chi connectivity index (χ1n) is 10.3. The molecule has 0 unspecified atom stereocenters. The van der Waals surface area contributed by atoms with E-state index in [1.54, 1.807) is 13.8 Å². The highest BCUT2D eigenvalue weighted by Crippen LogP contribution is 2.23. The van der Waals surface area contributed by atoms with Gasteiger partial charge >= 0.3 is 12.1 Å². The summed E-state index contributed by atoms with van der Waals surface area (Å²) in [5, 5.41) is 5.47. The van der Waals surface area contributed by atoms with Crippen molar-refractivity contribution in [2.24, 2.45) is 11.8 Å². The van der Waals surface area contributed by atoms with Gasteiger partial charge in [-0.05, 0) is 30.2 Å². The van der Waals surface area contributed by atoms with E-state index in [1.165, 1.54) is 6.42 Å². The number of hydrogen-bond acceptors (Lipinski definition) is 5. The summed E-state index contributed by atoms with van der Waals surface area (Å²) in [4.78, 5) is 36.6. The summed E-state index contributed by atoms with van der Waals surface area (Å²) in [6.45, 7) is 5.44. The van der Waals surface area contributed by atoms with Crippen LogP contribution in [0.2, 0.25) is 0 Å². The molecular formula is C22H32N2O5. The van der Waals surface area contributed by atoms with Gasteiger partial charge in [-0.25, -0.2) is 9.59 Å². The molecule has 3 atom stereocenters. The van der Waals surface area contributed by atoms with E-state index in [9.17, 15) is 14.4 Å². The molecule has 2 N–H and O–H groups in total. The smallest absolute Gasteiger partial charge is 0.408 e. The number of ether oxygens (including phenoxy) is 2. The Morgan fingerprint density at radius 1 is 1.07 bits per heavy atom. The zero-order valence-corrected chi connectivity index (χ0v) is 17.5. The average Bonchev–Trinajstić information content (AvgIpc) is 2.71. The largest absolute Gasteiger partial charge is 0.454 e. The number of nitrogens with one attached hydrogen (secondary N) is 2. The molecule has 160 valence electrons. The lowest BCUT2D eigenvalue weighted by Crippen LogP contribution is -2.47. The van der Waals surface area contributed by atoms with Crippen molar-refractivity contribution in [3.63, 3.8) is 0 Å². The maximum atomic E-state index is 12.4. The number of rotatable bonds is 8. The van der Waals surface area contributed by atoms with Crippen LogP contribution in [-0.2, 0) is 25.7 Å². The standard InChI is InChI=1S/C22H32N2O5/c1-15(2)20(24-22(27)29-13-17-10-5-4-6-11-17)21(26)28-14-19(25)23-18-12-8-7-9-16(18)3/h4-6,10-11,15-16,18,20H,7-9,12-14H2,1-3H3,(H,23,25)(H,24,27)/t16-,18-,20+/m1/s1. The summed E-state index contributed by atoms with van der Waals surface area (Å²) in [5.74, 6) is -0.754. The lowest BCUT2D eigenvalue weighted by atomic mass is 9.86. The zero-order valence-electron chi connectivity index (χ0n) is 17.5. The van der Waals surface area contributed by atoms with Crippen molar-refractivity contribution in [2.75, 3.05) is 6.61 Å².